The highest BCUT2D eigenvalue weighted by molar-refractivity contribution is 7.85. The van der Waals surface area contributed by atoms with Crippen molar-refractivity contribution in [3.8, 4) is 5.75 Å². The summed E-state index contributed by atoms with van der Waals surface area (Å²) in [5.74, 6) is -4.06. The number of carbonyl (C=O) groups is 4. The Bertz CT molecular complexity index is 1780. The first-order valence-corrected chi connectivity index (χ1v) is 14.6. The van der Waals surface area contributed by atoms with Gasteiger partial charge in [-0.25, -0.2) is 4.79 Å². The van der Waals surface area contributed by atoms with Gasteiger partial charge >= 0.3 is 29.5 Å². The fourth-order valence-corrected chi connectivity index (χ4v) is 5.52. The van der Waals surface area contributed by atoms with Gasteiger partial charge in [0.2, 0.25) is 12.4 Å². The molecule has 1 aliphatic heterocycles. The molecule has 2 heterocycles. The Hall–Kier alpha value is -4.54. The van der Waals surface area contributed by atoms with Gasteiger partial charge in [-0.15, -0.1) is 0 Å². The summed E-state index contributed by atoms with van der Waals surface area (Å²) in [7, 11) is -4.55. The van der Waals surface area contributed by atoms with Crippen LogP contribution in [0.4, 0.5) is 0 Å². The minimum Gasteiger partial charge on any atom is -0.463 e. The Kier molecular flexibility index (Phi) is 9.56. The van der Waals surface area contributed by atoms with E-state index in [4.69, 9.17) is 32.8 Å². The summed E-state index contributed by atoms with van der Waals surface area (Å²) in [5, 5.41) is 0.901. The third-order valence-corrected chi connectivity index (χ3v) is 7.00. The Balaban J connectivity index is 1.89. The average molecular weight is 637 g/mol. The van der Waals surface area contributed by atoms with Crippen LogP contribution in [-0.2, 0) is 58.7 Å². The molecule has 1 N–H and O–H groups in total. The van der Waals surface area contributed by atoms with Gasteiger partial charge in [0.15, 0.2) is 12.2 Å². The van der Waals surface area contributed by atoms with E-state index in [9.17, 15) is 36.9 Å². The van der Waals surface area contributed by atoms with Gasteiger partial charge in [0, 0.05) is 50.6 Å². The fourth-order valence-electron chi connectivity index (χ4n) is 4.90. The Morgan fingerprint density at radius 1 is 0.841 bits per heavy atom. The predicted octanol–water partition coefficient (Wildman–Crippen LogP) is 1.80. The van der Waals surface area contributed by atoms with Crippen LogP contribution in [-0.4, -0.2) is 74.2 Å². The summed E-state index contributed by atoms with van der Waals surface area (Å²) in [6.07, 6.45) is -7.32. The first kappa shape index (κ1) is 32.4. The minimum atomic E-state index is -4.55. The second kappa shape index (κ2) is 13.0. The summed E-state index contributed by atoms with van der Waals surface area (Å²) in [4.78, 5) is 60.2. The van der Waals surface area contributed by atoms with Gasteiger partial charge in [-0.1, -0.05) is 24.3 Å². The van der Waals surface area contributed by atoms with Gasteiger partial charge in [0.1, 0.15) is 29.8 Å². The summed E-state index contributed by atoms with van der Waals surface area (Å²) in [6.45, 7) is 3.89. The van der Waals surface area contributed by atoms with Crippen molar-refractivity contribution < 1.29 is 65.0 Å². The first-order chi connectivity index (χ1) is 20.6. The van der Waals surface area contributed by atoms with Crippen LogP contribution >= 0.6 is 0 Å². The Morgan fingerprint density at radius 3 is 2.02 bits per heavy atom. The number of fused-ring (bicyclic) bond motifs is 3. The van der Waals surface area contributed by atoms with E-state index in [1.54, 1.807) is 24.3 Å². The van der Waals surface area contributed by atoms with Crippen LogP contribution in [0.25, 0.3) is 21.7 Å². The van der Waals surface area contributed by atoms with Crippen molar-refractivity contribution in [3.63, 3.8) is 0 Å². The SMILES string of the molecule is CC(=O)OCC1O[C@@H](Oc2cc3oc(=O)cc(CS(=O)(=O)O)c3c3ccccc23)[C@@H](OC(C)=O)C(OC(C)=O)[C@@H]1OC(C)=O. The number of carbonyl (C=O) groups excluding carboxylic acids is 4. The van der Waals surface area contributed by atoms with Crippen molar-refractivity contribution in [3.05, 3.63) is 52.4 Å². The highest BCUT2D eigenvalue weighted by atomic mass is 32.2. The lowest BCUT2D eigenvalue weighted by Gasteiger charge is -2.44. The van der Waals surface area contributed by atoms with Crippen molar-refractivity contribution in [1.82, 2.24) is 0 Å². The van der Waals surface area contributed by atoms with Gasteiger partial charge in [-0.2, -0.15) is 8.42 Å². The van der Waals surface area contributed by atoms with Gasteiger partial charge in [0.25, 0.3) is 10.1 Å². The number of rotatable bonds is 9. The molecular formula is C28H28O15S. The number of benzene rings is 2. The number of ether oxygens (including phenoxy) is 6. The second-order valence-electron chi connectivity index (χ2n) is 9.80. The number of hydrogen-bond donors (Lipinski definition) is 1. The third kappa shape index (κ3) is 7.69. The fraction of sp³-hybridized carbons (Fsp3) is 0.393. The van der Waals surface area contributed by atoms with E-state index in [0.717, 1.165) is 33.8 Å². The molecule has 4 rings (SSSR count). The van der Waals surface area contributed by atoms with Crippen LogP contribution in [0.5, 0.6) is 5.75 Å². The summed E-state index contributed by atoms with van der Waals surface area (Å²) in [5.41, 5.74) is -1.06. The normalized spacial score (nSPS) is 21.8. The highest BCUT2D eigenvalue weighted by Crippen LogP contribution is 2.38. The second-order valence-corrected chi connectivity index (χ2v) is 11.2. The molecule has 44 heavy (non-hydrogen) atoms. The molecule has 0 aliphatic carbocycles. The van der Waals surface area contributed by atoms with Gasteiger partial charge in [-0.05, 0) is 10.9 Å². The van der Waals surface area contributed by atoms with Crippen LogP contribution in [0.2, 0.25) is 0 Å². The number of esters is 4. The largest absolute Gasteiger partial charge is 0.463 e. The van der Waals surface area contributed by atoms with E-state index in [-0.39, 0.29) is 22.3 Å². The first-order valence-electron chi connectivity index (χ1n) is 13.0. The molecule has 2 aromatic carbocycles. The molecule has 3 aromatic rings. The van der Waals surface area contributed by atoms with E-state index in [1.807, 2.05) is 0 Å². The smallest absolute Gasteiger partial charge is 0.336 e. The van der Waals surface area contributed by atoms with Crippen molar-refractivity contribution in [2.45, 2.75) is 64.2 Å². The lowest BCUT2D eigenvalue weighted by molar-refractivity contribution is -0.288. The molecule has 0 amide bonds. The van der Waals surface area contributed by atoms with E-state index >= 15 is 0 Å². The van der Waals surface area contributed by atoms with Crippen molar-refractivity contribution in [2.75, 3.05) is 6.61 Å². The van der Waals surface area contributed by atoms with E-state index in [1.165, 1.54) is 6.07 Å². The van der Waals surface area contributed by atoms with E-state index < -0.39 is 82.7 Å². The molecule has 5 atom stereocenters. The minimum absolute atomic E-state index is 0.0128. The monoisotopic (exact) mass is 636 g/mol. The summed E-state index contributed by atoms with van der Waals surface area (Å²) < 4.78 is 71.7. The van der Waals surface area contributed by atoms with Crippen LogP contribution in [0.1, 0.15) is 33.3 Å². The van der Waals surface area contributed by atoms with Crippen molar-refractivity contribution >= 4 is 55.7 Å². The van der Waals surface area contributed by atoms with Gasteiger partial charge in [-0.3, -0.25) is 23.7 Å². The maximum atomic E-state index is 12.3. The van der Waals surface area contributed by atoms with Crippen molar-refractivity contribution in [1.29, 1.82) is 0 Å². The molecule has 15 nitrogen and oxygen atoms in total. The van der Waals surface area contributed by atoms with E-state index in [0.29, 0.717) is 10.8 Å². The van der Waals surface area contributed by atoms with Crippen LogP contribution in [0.15, 0.2) is 45.6 Å². The molecule has 16 heteroatoms. The summed E-state index contributed by atoms with van der Waals surface area (Å²) >= 11 is 0. The molecule has 0 bridgehead atoms. The molecule has 1 fully saturated rings. The molecule has 1 saturated heterocycles. The predicted molar refractivity (Wildman–Crippen MR) is 148 cm³/mol. The lowest BCUT2D eigenvalue weighted by atomic mass is 9.97. The molecule has 0 saturated carbocycles. The zero-order valence-corrected chi connectivity index (χ0v) is 24.7. The molecule has 0 spiro atoms. The Labute approximate surface area is 249 Å². The number of hydrogen-bond acceptors (Lipinski definition) is 14. The molecule has 2 unspecified atom stereocenters. The topological polar surface area (TPSA) is 208 Å². The average Bonchev–Trinajstić information content (AvgIpc) is 2.89. The maximum absolute atomic E-state index is 12.3. The molecular weight excluding hydrogens is 608 g/mol. The zero-order valence-electron chi connectivity index (χ0n) is 23.8. The standard InChI is InChI=1S/C28H28O15S/c1-13(29)37-11-22-25(38-14(2)30)26(39-15(3)31)27(40-16(4)32)28(43-22)42-20-10-21-24(19-8-6-5-7-18(19)20)17(9-23(33)41-21)12-44(34,35)36/h5-10,22,25-28H,11-12H2,1-4H3,(H,34,35,36)/t22?,25-,26?,27+,28-/m1/s1. The van der Waals surface area contributed by atoms with Crippen LogP contribution in [0.3, 0.4) is 0 Å². The third-order valence-electron chi connectivity index (χ3n) is 6.32. The Morgan fingerprint density at radius 2 is 1.43 bits per heavy atom. The van der Waals surface area contributed by atoms with Crippen LogP contribution in [0, 0.1) is 0 Å². The molecule has 1 aromatic heterocycles. The molecule has 1 aliphatic rings. The quantitative estimate of drug-likeness (QED) is 0.117. The van der Waals surface area contributed by atoms with E-state index in [2.05, 4.69) is 0 Å². The van der Waals surface area contributed by atoms with Gasteiger partial charge < -0.3 is 32.8 Å². The van der Waals surface area contributed by atoms with Gasteiger partial charge in [0.05, 0.1) is 0 Å². The van der Waals surface area contributed by atoms with Crippen molar-refractivity contribution in [2.24, 2.45) is 0 Å². The van der Waals surface area contributed by atoms with Crippen LogP contribution < -0.4 is 10.4 Å². The molecule has 0 radical (unpaired) electrons. The molecule has 236 valence electrons. The zero-order chi connectivity index (χ0) is 32.3. The summed E-state index contributed by atoms with van der Waals surface area (Å²) in [6, 6.07) is 8.66. The lowest BCUT2D eigenvalue weighted by Crippen LogP contribution is -2.63. The highest BCUT2D eigenvalue weighted by Gasteiger charge is 2.53. The maximum Gasteiger partial charge on any atom is 0.336 e.